The fourth-order valence-electron chi connectivity index (χ4n) is 2.66. The number of nitriles is 1. The first-order chi connectivity index (χ1) is 9.27. The highest BCUT2D eigenvalue weighted by Gasteiger charge is 2.26. The van der Waals surface area contributed by atoms with E-state index in [9.17, 15) is 5.26 Å². The van der Waals surface area contributed by atoms with E-state index in [2.05, 4.69) is 73.1 Å². The lowest BCUT2D eigenvalue weighted by atomic mass is 9.48. The lowest BCUT2D eigenvalue weighted by Crippen LogP contribution is -2.31. The predicted molar refractivity (Wildman–Crippen MR) is 88.8 cm³/mol. The summed E-state index contributed by atoms with van der Waals surface area (Å²) < 4.78 is 0. The van der Waals surface area contributed by atoms with Crippen LogP contribution in [0.3, 0.4) is 0 Å². The third kappa shape index (κ3) is 3.89. The van der Waals surface area contributed by atoms with E-state index in [1.807, 2.05) is 0 Å². The SMILES string of the molecule is CCCC(C)(C)c1cccc([B]C(C)(C)CC)c1C#N. The van der Waals surface area contributed by atoms with Gasteiger partial charge in [-0.3, -0.25) is 0 Å². The maximum Gasteiger partial charge on any atom is 0.160 e. The Balaban J connectivity index is 3.27. The molecule has 1 radical (unpaired) electrons. The third-order valence-electron chi connectivity index (χ3n) is 4.27. The van der Waals surface area contributed by atoms with E-state index in [-0.39, 0.29) is 10.7 Å². The molecule has 107 valence electrons. The van der Waals surface area contributed by atoms with Crippen LogP contribution in [0.4, 0.5) is 0 Å². The molecule has 0 atom stereocenters. The van der Waals surface area contributed by atoms with Crippen LogP contribution in [0.1, 0.15) is 71.9 Å². The number of hydrogen-bond acceptors (Lipinski definition) is 1. The maximum absolute atomic E-state index is 9.63. The lowest BCUT2D eigenvalue weighted by Gasteiger charge is -2.28. The van der Waals surface area contributed by atoms with Crippen LogP contribution in [0.5, 0.6) is 0 Å². The second kappa shape index (κ2) is 6.48. The molecule has 0 aliphatic heterocycles. The van der Waals surface area contributed by atoms with Gasteiger partial charge in [-0.05, 0) is 17.4 Å². The number of rotatable bonds is 6. The van der Waals surface area contributed by atoms with Gasteiger partial charge in [-0.25, -0.2) is 0 Å². The smallest absolute Gasteiger partial charge is 0.160 e. The van der Waals surface area contributed by atoms with Gasteiger partial charge >= 0.3 is 0 Å². The number of nitrogens with zero attached hydrogens (tertiary/aromatic N) is 1. The summed E-state index contributed by atoms with van der Waals surface area (Å²) in [6.45, 7) is 13.3. The van der Waals surface area contributed by atoms with Gasteiger partial charge in [0, 0.05) is 5.56 Å². The summed E-state index contributed by atoms with van der Waals surface area (Å²) in [7, 11) is 2.25. The molecule has 1 nitrogen and oxygen atoms in total. The minimum atomic E-state index is 0.0556. The van der Waals surface area contributed by atoms with Gasteiger partial charge in [-0.2, -0.15) is 5.26 Å². The average molecular weight is 268 g/mol. The Hall–Kier alpha value is -1.23. The van der Waals surface area contributed by atoms with Crippen LogP contribution in [0.2, 0.25) is 5.31 Å². The fraction of sp³-hybridized carbons (Fsp3) is 0.611. The standard InChI is InChI=1S/C18H27BN/c1-7-12-17(3,4)15-10-9-11-16(14(15)13-20)19-18(5,6)8-2/h9-11H,7-8,12H2,1-6H3. The van der Waals surface area contributed by atoms with Gasteiger partial charge in [0.25, 0.3) is 0 Å². The first-order valence-corrected chi connectivity index (χ1v) is 7.67. The van der Waals surface area contributed by atoms with Gasteiger partial charge in [0.2, 0.25) is 0 Å². The van der Waals surface area contributed by atoms with Crippen LogP contribution in [0.15, 0.2) is 18.2 Å². The average Bonchev–Trinajstić information content (AvgIpc) is 2.38. The Morgan fingerprint density at radius 1 is 1.15 bits per heavy atom. The van der Waals surface area contributed by atoms with E-state index in [1.54, 1.807) is 0 Å². The van der Waals surface area contributed by atoms with E-state index in [0.717, 1.165) is 30.3 Å². The molecule has 0 unspecified atom stereocenters. The van der Waals surface area contributed by atoms with Gasteiger partial charge in [0.05, 0.1) is 6.07 Å². The van der Waals surface area contributed by atoms with Crippen LogP contribution in [-0.2, 0) is 5.41 Å². The Labute approximate surface area is 125 Å². The minimum absolute atomic E-state index is 0.0556. The van der Waals surface area contributed by atoms with E-state index in [0.29, 0.717) is 0 Å². The molecule has 0 aromatic heterocycles. The van der Waals surface area contributed by atoms with Gasteiger partial charge in [-0.1, -0.05) is 83.4 Å². The molecule has 0 spiro atoms. The monoisotopic (exact) mass is 268 g/mol. The predicted octanol–water partition coefficient (Wildman–Crippen LogP) is 4.57. The topological polar surface area (TPSA) is 23.8 Å². The van der Waals surface area contributed by atoms with Crippen molar-refractivity contribution in [2.75, 3.05) is 0 Å². The zero-order valence-corrected chi connectivity index (χ0v) is 13.9. The summed E-state index contributed by atoms with van der Waals surface area (Å²) >= 11 is 0. The molecule has 0 bridgehead atoms. The zero-order chi connectivity index (χ0) is 15.4. The highest BCUT2D eigenvalue weighted by atomic mass is 14.3. The molecule has 0 amide bonds. The van der Waals surface area contributed by atoms with Crippen molar-refractivity contribution in [1.29, 1.82) is 5.26 Å². The first kappa shape index (κ1) is 16.8. The Morgan fingerprint density at radius 3 is 2.30 bits per heavy atom. The molecule has 0 saturated heterocycles. The van der Waals surface area contributed by atoms with E-state index in [1.165, 1.54) is 5.56 Å². The highest BCUT2D eigenvalue weighted by Crippen LogP contribution is 2.32. The van der Waals surface area contributed by atoms with Crippen LogP contribution < -0.4 is 5.46 Å². The molecule has 0 fully saturated rings. The second-order valence-electron chi connectivity index (χ2n) is 7.00. The van der Waals surface area contributed by atoms with Crippen molar-refractivity contribution in [2.45, 2.75) is 71.5 Å². The third-order valence-corrected chi connectivity index (χ3v) is 4.27. The first-order valence-electron chi connectivity index (χ1n) is 7.67. The largest absolute Gasteiger partial charge is 0.192 e. The Bertz CT molecular complexity index is 495. The lowest BCUT2D eigenvalue weighted by molar-refractivity contribution is 0.472. The fourth-order valence-corrected chi connectivity index (χ4v) is 2.66. The maximum atomic E-state index is 9.63. The van der Waals surface area contributed by atoms with Crippen LogP contribution in [0, 0.1) is 11.3 Å². The van der Waals surface area contributed by atoms with E-state index < -0.39 is 0 Å². The van der Waals surface area contributed by atoms with Crippen molar-refractivity contribution >= 4 is 12.7 Å². The summed E-state index contributed by atoms with van der Waals surface area (Å²) in [6.07, 6.45) is 3.30. The second-order valence-corrected chi connectivity index (χ2v) is 7.00. The van der Waals surface area contributed by atoms with Gasteiger partial charge in [-0.15, -0.1) is 0 Å². The summed E-state index contributed by atoms with van der Waals surface area (Å²) in [5, 5.41) is 9.75. The van der Waals surface area contributed by atoms with Crippen molar-refractivity contribution in [2.24, 2.45) is 0 Å². The summed E-state index contributed by atoms with van der Waals surface area (Å²) in [5.74, 6) is 0. The van der Waals surface area contributed by atoms with Crippen LogP contribution >= 0.6 is 0 Å². The molecule has 1 rings (SSSR count). The minimum Gasteiger partial charge on any atom is -0.192 e. The molecule has 0 heterocycles. The van der Waals surface area contributed by atoms with E-state index >= 15 is 0 Å². The number of benzene rings is 1. The van der Waals surface area contributed by atoms with E-state index in [4.69, 9.17) is 0 Å². The zero-order valence-electron chi connectivity index (χ0n) is 13.9. The van der Waals surface area contributed by atoms with Crippen molar-refractivity contribution in [3.05, 3.63) is 29.3 Å². The molecule has 1 aromatic rings. The molecule has 0 N–H and O–H groups in total. The molecule has 0 aliphatic carbocycles. The van der Waals surface area contributed by atoms with Crippen molar-refractivity contribution in [1.82, 2.24) is 0 Å². The molecular weight excluding hydrogens is 241 g/mol. The summed E-state index contributed by atoms with van der Waals surface area (Å²) in [6, 6.07) is 8.72. The van der Waals surface area contributed by atoms with Crippen LogP contribution in [0.25, 0.3) is 0 Å². The van der Waals surface area contributed by atoms with Crippen molar-refractivity contribution in [3.63, 3.8) is 0 Å². The molecule has 20 heavy (non-hydrogen) atoms. The Morgan fingerprint density at radius 2 is 1.80 bits per heavy atom. The summed E-state index contributed by atoms with van der Waals surface area (Å²) in [4.78, 5) is 0. The molecule has 0 saturated carbocycles. The molecule has 2 heteroatoms. The van der Waals surface area contributed by atoms with Crippen LogP contribution in [-0.4, -0.2) is 7.28 Å². The number of hydrogen-bond donors (Lipinski definition) is 0. The van der Waals surface area contributed by atoms with Gasteiger partial charge < -0.3 is 0 Å². The van der Waals surface area contributed by atoms with Gasteiger partial charge in [0.1, 0.15) is 0 Å². The Kier molecular flexibility index (Phi) is 5.46. The van der Waals surface area contributed by atoms with Crippen molar-refractivity contribution in [3.8, 4) is 6.07 Å². The van der Waals surface area contributed by atoms with Gasteiger partial charge in [0.15, 0.2) is 7.28 Å². The van der Waals surface area contributed by atoms with Crippen molar-refractivity contribution < 1.29 is 0 Å². The highest BCUT2D eigenvalue weighted by molar-refractivity contribution is 6.57. The molecular formula is C18H27BN. The quantitative estimate of drug-likeness (QED) is 0.693. The molecule has 0 aliphatic rings. The molecule has 1 aromatic carbocycles. The summed E-state index contributed by atoms with van der Waals surface area (Å²) in [5.41, 5.74) is 3.18. The normalized spacial score (nSPS) is 12.1.